The van der Waals surface area contributed by atoms with E-state index in [0.717, 1.165) is 12.1 Å². The molecule has 12 heteroatoms. The molecular weight excluding hydrogens is 414 g/mol. The average Bonchev–Trinajstić information content (AvgIpc) is 3.37. The Hall–Kier alpha value is -3.67. The van der Waals surface area contributed by atoms with Crippen LogP contribution < -0.4 is 10.2 Å². The largest absolute Gasteiger partial charge is 0.447 e. The van der Waals surface area contributed by atoms with Gasteiger partial charge in [-0.1, -0.05) is 5.16 Å². The monoisotopic (exact) mass is 432 g/mol. The lowest BCUT2D eigenvalue weighted by Crippen LogP contribution is -2.41. The predicted octanol–water partition coefficient (Wildman–Crippen LogP) is 2.68. The highest BCUT2D eigenvalue weighted by Gasteiger charge is 2.38. The fraction of sp³-hybridized carbons (Fsp3) is 0.316. The Morgan fingerprint density at radius 3 is 2.77 bits per heavy atom. The van der Waals surface area contributed by atoms with Crippen molar-refractivity contribution in [3.05, 3.63) is 48.0 Å². The maximum absolute atomic E-state index is 13.4. The third-order valence-electron chi connectivity index (χ3n) is 4.69. The van der Waals surface area contributed by atoms with Crippen molar-refractivity contribution in [2.75, 3.05) is 16.8 Å². The SMILES string of the molecule is C[C@@H](Nc1nccc(N2C(=O)OC[C@@H]2[C@@H](C)O)n1)c1nc(-c2ccc(F)c(F)c2)no1. The van der Waals surface area contributed by atoms with Crippen LogP contribution in [0.1, 0.15) is 25.8 Å². The highest BCUT2D eigenvalue weighted by Crippen LogP contribution is 2.25. The quantitative estimate of drug-likeness (QED) is 0.604. The summed E-state index contributed by atoms with van der Waals surface area (Å²) in [5, 5.41) is 16.6. The smallest absolute Gasteiger partial charge is 0.416 e. The number of ether oxygens (including phenoxy) is 1. The zero-order chi connectivity index (χ0) is 22.1. The van der Waals surface area contributed by atoms with Crippen LogP contribution in [0.3, 0.4) is 0 Å². The second-order valence-electron chi connectivity index (χ2n) is 6.94. The zero-order valence-corrected chi connectivity index (χ0v) is 16.5. The van der Waals surface area contributed by atoms with Crippen molar-refractivity contribution in [3.8, 4) is 11.4 Å². The van der Waals surface area contributed by atoms with E-state index in [1.54, 1.807) is 13.8 Å². The molecule has 3 atom stereocenters. The molecule has 0 spiro atoms. The molecule has 4 rings (SSSR count). The number of aromatic nitrogens is 4. The second kappa shape index (κ2) is 8.22. The van der Waals surface area contributed by atoms with Crippen LogP contribution in [-0.4, -0.2) is 50.1 Å². The minimum atomic E-state index is -1.02. The van der Waals surface area contributed by atoms with Crippen LogP contribution in [0, 0.1) is 11.6 Å². The van der Waals surface area contributed by atoms with Gasteiger partial charge in [-0.2, -0.15) is 9.97 Å². The van der Waals surface area contributed by atoms with Gasteiger partial charge in [0.25, 0.3) is 0 Å². The Balaban J connectivity index is 1.51. The number of anilines is 2. The highest BCUT2D eigenvalue weighted by atomic mass is 19.2. The lowest BCUT2D eigenvalue weighted by atomic mass is 10.2. The van der Waals surface area contributed by atoms with E-state index in [1.165, 1.54) is 23.2 Å². The Bertz CT molecular complexity index is 1110. The summed E-state index contributed by atoms with van der Waals surface area (Å²) in [7, 11) is 0. The molecule has 2 N–H and O–H groups in total. The summed E-state index contributed by atoms with van der Waals surface area (Å²) < 4.78 is 36.8. The van der Waals surface area contributed by atoms with Gasteiger partial charge >= 0.3 is 6.09 Å². The lowest BCUT2D eigenvalue weighted by molar-refractivity contribution is 0.142. The molecule has 2 aromatic heterocycles. The van der Waals surface area contributed by atoms with Crippen molar-refractivity contribution in [2.45, 2.75) is 32.0 Å². The Labute approximate surface area is 174 Å². The van der Waals surface area contributed by atoms with Crippen molar-refractivity contribution in [1.82, 2.24) is 20.1 Å². The van der Waals surface area contributed by atoms with Gasteiger partial charge in [-0.05, 0) is 38.1 Å². The van der Waals surface area contributed by atoms with E-state index in [-0.39, 0.29) is 35.7 Å². The van der Waals surface area contributed by atoms with E-state index in [1.807, 2.05) is 0 Å². The summed E-state index contributed by atoms with van der Waals surface area (Å²) in [6.07, 6.45) is 0.0179. The minimum absolute atomic E-state index is 0.0500. The number of nitrogens with zero attached hydrogens (tertiary/aromatic N) is 5. The molecule has 1 aromatic carbocycles. The number of benzene rings is 1. The molecule has 1 aliphatic rings. The molecule has 162 valence electrons. The Kier molecular flexibility index (Phi) is 5.46. The molecule has 31 heavy (non-hydrogen) atoms. The topological polar surface area (TPSA) is 127 Å². The van der Waals surface area contributed by atoms with E-state index in [9.17, 15) is 18.7 Å². The van der Waals surface area contributed by atoms with Crippen molar-refractivity contribution < 1.29 is 27.9 Å². The molecule has 0 aliphatic carbocycles. The fourth-order valence-corrected chi connectivity index (χ4v) is 3.03. The van der Waals surface area contributed by atoms with E-state index < -0.39 is 35.9 Å². The summed E-state index contributed by atoms with van der Waals surface area (Å²) in [6, 6.07) is 3.70. The molecule has 3 heterocycles. The minimum Gasteiger partial charge on any atom is -0.447 e. The van der Waals surface area contributed by atoms with Gasteiger partial charge in [0, 0.05) is 11.8 Å². The summed E-state index contributed by atoms with van der Waals surface area (Å²) in [6.45, 7) is 3.32. The zero-order valence-electron chi connectivity index (χ0n) is 16.5. The van der Waals surface area contributed by atoms with Gasteiger partial charge in [-0.3, -0.25) is 4.90 Å². The number of rotatable bonds is 6. The van der Waals surface area contributed by atoms with E-state index >= 15 is 0 Å². The van der Waals surface area contributed by atoms with Crippen LogP contribution >= 0.6 is 0 Å². The van der Waals surface area contributed by atoms with Crippen molar-refractivity contribution in [3.63, 3.8) is 0 Å². The lowest BCUT2D eigenvalue weighted by Gasteiger charge is -2.22. The number of carbonyl (C=O) groups is 1. The predicted molar refractivity (Wildman–Crippen MR) is 103 cm³/mol. The third kappa shape index (κ3) is 4.14. The van der Waals surface area contributed by atoms with Crippen LogP contribution in [0.4, 0.5) is 25.3 Å². The molecule has 3 aromatic rings. The number of amides is 1. The number of aliphatic hydroxyl groups is 1. The Morgan fingerprint density at radius 1 is 1.23 bits per heavy atom. The maximum atomic E-state index is 13.4. The van der Waals surface area contributed by atoms with E-state index in [0.29, 0.717) is 0 Å². The molecule has 0 bridgehead atoms. The molecule has 0 saturated carbocycles. The molecule has 10 nitrogen and oxygen atoms in total. The summed E-state index contributed by atoms with van der Waals surface area (Å²) in [5.41, 5.74) is 0.260. The van der Waals surface area contributed by atoms with Gasteiger partial charge in [0.2, 0.25) is 17.7 Å². The van der Waals surface area contributed by atoms with Gasteiger partial charge in [-0.25, -0.2) is 18.6 Å². The van der Waals surface area contributed by atoms with Crippen LogP contribution in [0.15, 0.2) is 35.0 Å². The van der Waals surface area contributed by atoms with Crippen molar-refractivity contribution in [1.29, 1.82) is 0 Å². The van der Waals surface area contributed by atoms with Crippen molar-refractivity contribution >= 4 is 17.9 Å². The second-order valence-corrected chi connectivity index (χ2v) is 6.94. The first kappa shape index (κ1) is 20.6. The number of hydrogen-bond acceptors (Lipinski definition) is 9. The molecule has 1 fully saturated rings. The van der Waals surface area contributed by atoms with Gasteiger partial charge in [0.05, 0.1) is 6.10 Å². The van der Waals surface area contributed by atoms with Crippen LogP contribution in [0.5, 0.6) is 0 Å². The first-order valence-electron chi connectivity index (χ1n) is 9.36. The Morgan fingerprint density at radius 2 is 2.03 bits per heavy atom. The third-order valence-corrected chi connectivity index (χ3v) is 4.69. The normalized spacial score (nSPS) is 18.0. The summed E-state index contributed by atoms with van der Waals surface area (Å²) >= 11 is 0. The summed E-state index contributed by atoms with van der Waals surface area (Å²) in [4.78, 5) is 25.9. The number of cyclic esters (lactones) is 1. The number of nitrogens with one attached hydrogen (secondary N) is 1. The van der Waals surface area contributed by atoms with Gasteiger partial charge in [0.15, 0.2) is 11.6 Å². The molecule has 1 aliphatic heterocycles. The maximum Gasteiger partial charge on any atom is 0.416 e. The van der Waals surface area contributed by atoms with Gasteiger partial charge in [-0.15, -0.1) is 0 Å². The van der Waals surface area contributed by atoms with E-state index in [2.05, 4.69) is 25.4 Å². The number of carbonyl (C=O) groups excluding carboxylic acids is 1. The highest BCUT2D eigenvalue weighted by molar-refractivity contribution is 5.89. The van der Waals surface area contributed by atoms with Crippen LogP contribution in [0.2, 0.25) is 0 Å². The van der Waals surface area contributed by atoms with Gasteiger partial charge in [0.1, 0.15) is 24.5 Å². The van der Waals surface area contributed by atoms with Crippen molar-refractivity contribution in [2.24, 2.45) is 0 Å². The van der Waals surface area contributed by atoms with E-state index in [4.69, 9.17) is 9.26 Å². The molecule has 1 amide bonds. The standard InChI is InChI=1S/C19H18F2N6O4/c1-9(17-25-16(26-31-17)11-3-4-12(20)13(21)7-11)23-18-22-6-5-15(24-18)27-14(10(2)28)8-30-19(27)29/h3-7,9-10,14,28H,8H2,1-2H3,(H,22,23,24)/t9-,10-,14-/m1/s1. The number of hydrogen-bond donors (Lipinski definition) is 2. The number of aliphatic hydroxyl groups excluding tert-OH is 1. The molecule has 1 saturated heterocycles. The van der Waals surface area contributed by atoms with Crippen LogP contribution in [0.25, 0.3) is 11.4 Å². The van der Waals surface area contributed by atoms with Crippen LogP contribution in [-0.2, 0) is 4.74 Å². The molecule has 0 unspecified atom stereocenters. The first-order valence-corrected chi connectivity index (χ1v) is 9.36. The number of halogens is 2. The van der Waals surface area contributed by atoms with Gasteiger partial charge < -0.3 is 19.7 Å². The summed E-state index contributed by atoms with van der Waals surface area (Å²) in [5.74, 6) is -1.31. The molecule has 0 radical (unpaired) electrons. The average molecular weight is 432 g/mol. The molecular formula is C19H18F2N6O4. The fourth-order valence-electron chi connectivity index (χ4n) is 3.03. The first-order chi connectivity index (χ1) is 14.8.